The average molecular weight is 338 g/mol. The Kier molecular flexibility index (Phi) is 5.46. The number of aliphatic hydroxyl groups is 1. The van der Waals surface area contributed by atoms with Crippen molar-refractivity contribution >= 4 is 11.8 Å². The third kappa shape index (κ3) is 4.25. The third-order valence-corrected chi connectivity index (χ3v) is 4.43. The predicted molar refractivity (Wildman–Crippen MR) is 94.4 cm³/mol. The number of aliphatic hydroxyl groups excluding tert-OH is 1. The van der Waals surface area contributed by atoms with Gasteiger partial charge in [0.05, 0.1) is 0 Å². The first-order chi connectivity index (χ1) is 12.1. The second kappa shape index (κ2) is 7.94. The molecule has 25 heavy (non-hydrogen) atoms. The lowest BCUT2D eigenvalue weighted by Crippen LogP contribution is -2.52. The molecule has 0 radical (unpaired) electrons. The first kappa shape index (κ1) is 17.2. The van der Waals surface area contributed by atoms with E-state index in [0.717, 1.165) is 12.0 Å². The molecule has 2 unspecified atom stereocenters. The molecule has 0 saturated carbocycles. The monoisotopic (exact) mass is 338 g/mol. The number of piperidine rings is 1. The van der Waals surface area contributed by atoms with E-state index in [1.54, 1.807) is 29.2 Å². The summed E-state index contributed by atoms with van der Waals surface area (Å²) >= 11 is 0. The van der Waals surface area contributed by atoms with Crippen LogP contribution in [0.3, 0.4) is 0 Å². The second-order valence-corrected chi connectivity index (χ2v) is 6.26. The molecule has 1 aliphatic heterocycles. The molecule has 1 heterocycles. The van der Waals surface area contributed by atoms with Gasteiger partial charge < -0.3 is 15.3 Å². The molecule has 0 aliphatic carbocycles. The standard InChI is InChI=1S/C20H22N2O3/c23-18(16-10-5-2-6-11-16)19(24)21-17-12-7-13-22(20(17)25)14-15-8-3-1-4-9-15/h1-6,8-11,17-18,23H,7,12-14H2,(H,21,24). The van der Waals surface area contributed by atoms with Gasteiger partial charge in [0.25, 0.3) is 5.91 Å². The number of hydrogen-bond acceptors (Lipinski definition) is 3. The van der Waals surface area contributed by atoms with Gasteiger partial charge in [-0.15, -0.1) is 0 Å². The van der Waals surface area contributed by atoms with Gasteiger partial charge in [-0.25, -0.2) is 0 Å². The van der Waals surface area contributed by atoms with Crippen molar-refractivity contribution in [3.63, 3.8) is 0 Å². The zero-order chi connectivity index (χ0) is 17.6. The topological polar surface area (TPSA) is 69.6 Å². The fourth-order valence-corrected chi connectivity index (χ4v) is 3.07. The number of benzene rings is 2. The largest absolute Gasteiger partial charge is 0.378 e. The Morgan fingerprint density at radius 2 is 1.76 bits per heavy atom. The van der Waals surface area contributed by atoms with Crippen LogP contribution in [0.15, 0.2) is 60.7 Å². The number of nitrogens with one attached hydrogen (secondary N) is 1. The Morgan fingerprint density at radius 3 is 2.44 bits per heavy atom. The summed E-state index contributed by atoms with van der Waals surface area (Å²) in [5.74, 6) is -0.630. The minimum absolute atomic E-state index is 0.0938. The van der Waals surface area contributed by atoms with Crippen molar-refractivity contribution in [3.05, 3.63) is 71.8 Å². The van der Waals surface area contributed by atoms with Gasteiger partial charge in [-0.2, -0.15) is 0 Å². The van der Waals surface area contributed by atoms with Crippen LogP contribution in [-0.2, 0) is 16.1 Å². The van der Waals surface area contributed by atoms with E-state index >= 15 is 0 Å². The van der Waals surface area contributed by atoms with E-state index in [0.29, 0.717) is 25.1 Å². The maximum Gasteiger partial charge on any atom is 0.254 e. The predicted octanol–water partition coefficient (Wildman–Crippen LogP) is 2.03. The second-order valence-electron chi connectivity index (χ2n) is 6.26. The molecule has 1 fully saturated rings. The van der Waals surface area contributed by atoms with Gasteiger partial charge in [0.15, 0.2) is 6.10 Å². The number of carbonyl (C=O) groups excluding carboxylic acids is 2. The Balaban J connectivity index is 1.62. The van der Waals surface area contributed by atoms with E-state index in [4.69, 9.17) is 0 Å². The average Bonchev–Trinajstić information content (AvgIpc) is 2.66. The molecule has 2 aromatic carbocycles. The number of hydrogen-bond donors (Lipinski definition) is 2. The molecule has 0 aromatic heterocycles. The van der Waals surface area contributed by atoms with Crippen molar-refractivity contribution in [2.75, 3.05) is 6.54 Å². The van der Waals surface area contributed by atoms with E-state index in [1.165, 1.54) is 0 Å². The van der Waals surface area contributed by atoms with Crippen LogP contribution < -0.4 is 5.32 Å². The van der Waals surface area contributed by atoms with Crippen LogP contribution in [0.5, 0.6) is 0 Å². The molecule has 1 aliphatic rings. The van der Waals surface area contributed by atoms with E-state index < -0.39 is 18.1 Å². The summed E-state index contributed by atoms with van der Waals surface area (Å²) in [6, 6.07) is 17.9. The molecule has 2 aromatic rings. The number of carbonyl (C=O) groups is 2. The van der Waals surface area contributed by atoms with E-state index in [9.17, 15) is 14.7 Å². The summed E-state index contributed by atoms with van der Waals surface area (Å²) in [4.78, 5) is 26.7. The van der Waals surface area contributed by atoms with Crippen LogP contribution in [0.4, 0.5) is 0 Å². The van der Waals surface area contributed by atoms with Crippen molar-refractivity contribution in [2.24, 2.45) is 0 Å². The summed E-state index contributed by atoms with van der Waals surface area (Å²) < 4.78 is 0. The van der Waals surface area contributed by atoms with Gasteiger partial charge in [0.1, 0.15) is 6.04 Å². The molecule has 5 nitrogen and oxygen atoms in total. The molecule has 0 bridgehead atoms. The van der Waals surface area contributed by atoms with Crippen LogP contribution in [-0.4, -0.2) is 34.4 Å². The highest BCUT2D eigenvalue weighted by atomic mass is 16.3. The third-order valence-electron chi connectivity index (χ3n) is 4.43. The highest BCUT2D eigenvalue weighted by Crippen LogP contribution is 2.17. The van der Waals surface area contributed by atoms with Crippen molar-refractivity contribution in [1.29, 1.82) is 0 Å². The van der Waals surface area contributed by atoms with Crippen molar-refractivity contribution < 1.29 is 14.7 Å². The fourth-order valence-electron chi connectivity index (χ4n) is 3.07. The van der Waals surface area contributed by atoms with E-state index in [1.807, 2.05) is 36.4 Å². The van der Waals surface area contributed by atoms with Gasteiger partial charge in [-0.3, -0.25) is 9.59 Å². The summed E-state index contributed by atoms with van der Waals surface area (Å²) in [6.45, 7) is 1.22. The van der Waals surface area contributed by atoms with Crippen LogP contribution >= 0.6 is 0 Å². The Morgan fingerprint density at radius 1 is 1.12 bits per heavy atom. The van der Waals surface area contributed by atoms with Crippen LogP contribution in [0, 0.1) is 0 Å². The molecule has 2 N–H and O–H groups in total. The first-order valence-electron chi connectivity index (χ1n) is 8.51. The number of rotatable bonds is 5. The Labute approximate surface area is 147 Å². The van der Waals surface area contributed by atoms with Gasteiger partial charge in [-0.1, -0.05) is 60.7 Å². The summed E-state index contributed by atoms with van der Waals surface area (Å²) in [6.07, 6.45) is 0.154. The highest BCUT2D eigenvalue weighted by Gasteiger charge is 2.31. The molecule has 5 heteroatoms. The molecule has 130 valence electrons. The van der Waals surface area contributed by atoms with Crippen LogP contribution in [0.1, 0.15) is 30.1 Å². The molecule has 2 amide bonds. The summed E-state index contributed by atoms with van der Waals surface area (Å²) in [5, 5.41) is 12.9. The lowest BCUT2D eigenvalue weighted by Gasteiger charge is -2.33. The van der Waals surface area contributed by atoms with Gasteiger partial charge in [-0.05, 0) is 24.0 Å². The van der Waals surface area contributed by atoms with Crippen molar-refractivity contribution in [1.82, 2.24) is 10.2 Å². The SMILES string of the molecule is O=C(NC1CCCN(Cc2ccccc2)C1=O)C(O)c1ccccc1. The van der Waals surface area contributed by atoms with Gasteiger partial charge in [0.2, 0.25) is 5.91 Å². The normalized spacial score (nSPS) is 18.7. The van der Waals surface area contributed by atoms with Crippen LogP contribution in [0.25, 0.3) is 0 Å². The summed E-state index contributed by atoms with van der Waals surface area (Å²) in [7, 11) is 0. The maximum atomic E-state index is 12.7. The molecule has 1 saturated heterocycles. The van der Waals surface area contributed by atoms with Crippen molar-refractivity contribution in [3.8, 4) is 0 Å². The zero-order valence-electron chi connectivity index (χ0n) is 14.0. The summed E-state index contributed by atoms with van der Waals surface area (Å²) in [5.41, 5.74) is 1.58. The first-order valence-corrected chi connectivity index (χ1v) is 8.51. The quantitative estimate of drug-likeness (QED) is 0.876. The Hall–Kier alpha value is -2.66. The molecule has 0 spiro atoms. The molecule has 2 atom stereocenters. The van der Waals surface area contributed by atoms with Gasteiger partial charge in [0, 0.05) is 13.1 Å². The molecule has 3 rings (SSSR count). The Bertz CT molecular complexity index is 718. The van der Waals surface area contributed by atoms with E-state index in [-0.39, 0.29) is 5.91 Å². The van der Waals surface area contributed by atoms with Gasteiger partial charge >= 0.3 is 0 Å². The maximum absolute atomic E-state index is 12.7. The number of nitrogens with zero attached hydrogens (tertiary/aromatic N) is 1. The highest BCUT2D eigenvalue weighted by molar-refractivity contribution is 5.90. The minimum atomic E-state index is -1.27. The lowest BCUT2D eigenvalue weighted by molar-refractivity contribution is -0.141. The lowest BCUT2D eigenvalue weighted by atomic mass is 10.0. The number of likely N-dealkylation sites (tertiary alicyclic amines) is 1. The molecular formula is C20H22N2O3. The zero-order valence-corrected chi connectivity index (χ0v) is 14.0. The fraction of sp³-hybridized carbons (Fsp3) is 0.300. The van der Waals surface area contributed by atoms with E-state index in [2.05, 4.69) is 5.32 Å². The smallest absolute Gasteiger partial charge is 0.254 e. The minimum Gasteiger partial charge on any atom is -0.378 e. The van der Waals surface area contributed by atoms with Crippen LogP contribution in [0.2, 0.25) is 0 Å². The number of amides is 2. The molecular weight excluding hydrogens is 316 g/mol. The van der Waals surface area contributed by atoms with Crippen molar-refractivity contribution in [2.45, 2.75) is 31.5 Å².